The number of amides is 1. The zero-order valence-electron chi connectivity index (χ0n) is 8.02. The Labute approximate surface area is 83.3 Å². The van der Waals surface area contributed by atoms with Crippen LogP contribution in [0.1, 0.15) is 13.8 Å². The third-order valence-corrected chi connectivity index (χ3v) is 2.17. The van der Waals surface area contributed by atoms with Crippen LogP contribution in [0.15, 0.2) is 24.3 Å². The van der Waals surface area contributed by atoms with Gasteiger partial charge in [-0.05, 0) is 26.0 Å². The van der Waals surface area contributed by atoms with Crippen molar-refractivity contribution in [1.82, 2.24) is 5.32 Å². The van der Waals surface area contributed by atoms with Gasteiger partial charge < -0.3 is 5.32 Å². The fourth-order valence-electron chi connectivity index (χ4n) is 0.704. The summed E-state index contributed by atoms with van der Waals surface area (Å²) in [6.07, 6.45) is 2.16. The van der Waals surface area contributed by atoms with Crippen molar-refractivity contribution < 1.29 is 17.8 Å². The van der Waals surface area contributed by atoms with Gasteiger partial charge in [0, 0.05) is 0 Å². The van der Waals surface area contributed by atoms with E-state index in [9.17, 15) is 13.2 Å². The lowest BCUT2D eigenvalue weighted by Crippen LogP contribution is -2.38. The van der Waals surface area contributed by atoms with Crippen molar-refractivity contribution in [3.8, 4) is 0 Å². The number of nitrogens with one attached hydrogen (secondary N) is 1. The summed E-state index contributed by atoms with van der Waals surface area (Å²) in [5.41, 5.74) is 0.664. The predicted molar refractivity (Wildman–Crippen MR) is 53.1 cm³/mol. The van der Waals surface area contributed by atoms with Crippen LogP contribution in [0.3, 0.4) is 0 Å². The second kappa shape index (κ2) is 4.92. The van der Waals surface area contributed by atoms with Gasteiger partial charge in [0.2, 0.25) is 5.91 Å². The minimum absolute atomic E-state index is 0.662. The Bertz CT molecular complexity index is 352. The normalized spacial score (nSPS) is 12.8. The first-order chi connectivity index (χ1) is 6.27. The molecule has 6 heteroatoms. The van der Waals surface area contributed by atoms with E-state index in [1.54, 1.807) is 13.8 Å². The summed E-state index contributed by atoms with van der Waals surface area (Å²) >= 11 is 0. The van der Waals surface area contributed by atoms with Crippen LogP contribution in [0.2, 0.25) is 0 Å². The molecule has 0 radical (unpaired) electrons. The number of allylic oxidation sites excluding steroid dienone is 1. The van der Waals surface area contributed by atoms with Gasteiger partial charge in [-0.1, -0.05) is 12.2 Å². The molecule has 0 aliphatic carbocycles. The van der Waals surface area contributed by atoms with Crippen LogP contribution in [-0.2, 0) is 14.9 Å². The maximum Gasteiger partial charge on any atom is 0.290 e. The third kappa shape index (κ3) is 4.78. The SMILES string of the molecule is C=CC(=O)NC(C=C(C)C)S(=O)(=O)O. The van der Waals surface area contributed by atoms with E-state index in [1.807, 2.05) is 0 Å². The fraction of sp³-hybridized carbons (Fsp3) is 0.375. The molecule has 0 saturated heterocycles. The van der Waals surface area contributed by atoms with Crippen LogP contribution in [0, 0.1) is 0 Å². The molecule has 0 bridgehead atoms. The second-order valence-electron chi connectivity index (χ2n) is 2.89. The summed E-state index contributed by atoms with van der Waals surface area (Å²) in [7, 11) is -4.32. The van der Waals surface area contributed by atoms with Crippen LogP contribution in [0.25, 0.3) is 0 Å². The number of rotatable bonds is 4. The molecule has 0 aliphatic rings. The lowest BCUT2D eigenvalue weighted by molar-refractivity contribution is -0.116. The molecule has 1 atom stereocenters. The van der Waals surface area contributed by atoms with Crippen molar-refractivity contribution in [3.05, 3.63) is 24.3 Å². The van der Waals surface area contributed by atoms with Gasteiger partial charge in [0.25, 0.3) is 10.1 Å². The fourth-order valence-corrected chi connectivity index (χ4v) is 1.41. The molecule has 0 aromatic rings. The minimum Gasteiger partial charge on any atom is -0.331 e. The Hall–Kier alpha value is -1.14. The molecule has 80 valence electrons. The average Bonchev–Trinajstić information content (AvgIpc) is 2.00. The molecule has 0 aromatic heterocycles. The maximum absolute atomic E-state index is 10.8. The molecular formula is C8H13NO4S. The summed E-state index contributed by atoms with van der Waals surface area (Å²) in [5.74, 6) is -0.662. The zero-order valence-corrected chi connectivity index (χ0v) is 8.84. The van der Waals surface area contributed by atoms with Crippen LogP contribution in [0.5, 0.6) is 0 Å². The lowest BCUT2D eigenvalue weighted by atomic mass is 10.3. The van der Waals surface area contributed by atoms with E-state index in [-0.39, 0.29) is 0 Å². The van der Waals surface area contributed by atoms with Crippen LogP contribution >= 0.6 is 0 Å². The molecule has 0 aromatic carbocycles. The van der Waals surface area contributed by atoms with Gasteiger partial charge in [0.15, 0.2) is 5.37 Å². The van der Waals surface area contributed by atoms with Gasteiger partial charge in [-0.2, -0.15) is 8.42 Å². The summed E-state index contributed by atoms with van der Waals surface area (Å²) in [5, 5.41) is 0.648. The van der Waals surface area contributed by atoms with Crippen LogP contribution in [-0.4, -0.2) is 24.3 Å². The topological polar surface area (TPSA) is 83.5 Å². The van der Waals surface area contributed by atoms with E-state index in [2.05, 4.69) is 11.9 Å². The van der Waals surface area contributed by atoms with Gasteiger partial charge in [0.05, 0.1) is 0 Å². The molecule has 0 spiro atoms. The molecule has 2 N–H and O–H groups in total. The van der Waals surface area contributed by atoms with Crippen molar-refractivity contribution in [1.29, 1.82) is 0 Å². The van der Waals surface area contributed by atoms with Gasteiger partial charge in [0.1, 0.15) is 0 Å². The Morgan fingerprint density at radius 2 is 2.00 bits per heavy atom. The van der Waals surface area contributed by atoms with Gasteiger partial charge in [-0.15, -0.1) is 0 Å². The standard InChI is InChI=1S/C8H13NO4S/c1-4-7(10)9-8(5-6(2)3)14(11,12)13/h4-5,8H,1H2,2-3H3,(H,9,10)(H,11,12,13). The predicted octanol–water partition coefficient (Wildman–Crippen LogP) is 0.469. The van der Waals surface area contributed by atoms with Crippen molar-refractivity contribution >= 4 is 16.0 Å². The first-order valence-electron chi connectivity index (χ1n) is 3.81. The third-order valence-electron chi connectivity index (χ3n) is 1.28. The van der Waals surface area contributed by atoms with E-state index in [4.69, 9.17) is 4.55 Å². The number of carbonyl (C=O) groups is 1. The van der Waals surface area contributed by atoms with E-state index < -0.39 is 21.4 Å². The van der Waals surface area contributed by atoms with E-state index in [0.29, 0.717) is 5.57 Å². The highest BCUT2D eigenvalue weighted by molar-refractivity contribution is 7.86. The Morgan fingerprint density at radius 3 is 2.29 bits per heavy atom. The number of carbonyl (C=O) groups excluding carboxylic acids is 1. The lowest BCUT2D eigenvalue weighted by Gasteiger charge is -2.10. The molecule has 0 rings (SSSR count). The summed E-state index contributed by atoms with van der Waals surface area (Å²) < 4.78 is 30.3. The van der Waals surface area contributed by atoms with Crippen LogP contribution in [0.4, 0.5) is 0 Å². The highest BCUT2D eigenvalue weighted by Gasteiger charge is 2.21. The first-order valence-corrected chi connectivity index (χ1v) is 5.32. The largest absolute Gasteiger partial charge is 0.331 e. The zero-order chi connectivity index (χ0) is 11.4. The molecule has 1 amide bonds. The van der Waals surface area contributed by atoms with Gasteiger partial charge in [-0.3, -0.25) is 9.35 Å². The van der Waals surface area contributed by atoms with E-state index in [1.165, 1.54) is 6.08 Å². The summed E-state index contributed by atoms with van der Waals surface area (Å²) in [6.45, 7) is 6.47. The number of hydrogen-bond acceptors (Lipinski definition) is 3. The highest BCUT2D eigenvalue weighted by Crippen LogP contribution is 2.01. The molecule has 0 heterocycles. The van der Waals surface area contributed by atoms with Crippen LogP contribution < -0.4 is 5.32 Å². The van der Waals surface area contributed by atoms with Gasteiger partial charge in [-0.25, -0.2) is 0 Å². The molecule has 0 fully saturated rings. The van der Waals surface area contributed by atoms with Crippen molar-refractivity contribution in [2.75, 3.05) is 0 Å². The molecule has 1 unspecified atom stereocenters. The molecule has 14 heavy (non-hydrogen) atoms. The van der Waals surface area contributed by atoms with Crippen molar-refractivity contribution in [2.45, 2.75) is 19.2 Å². The Balaban J connectivity index is 4.85. The quantitative estimate of drug-likeness (QED) is 0.409. The minimum atomic E-state index is -4.32. The summed E-state index contributed by atoms with van der Waals surface area (Å²) in [6, 6.07) is 0. The number of hydrogen-bond donors (Lipinski definition) is 2. The van der Waals surface area contributed by atoms with Crippen molar-refractivity contribution in [3.63, 3.8) is 0 Å². The smallest absolute Gasteiger partial charge is 0.290 e. The molecule has 0 saturated carbocycles. The average molecular weight is 219 g/mol. The second-order valence-corrected chi connectivity index (χ2v) is 4.43. The van der Waals surface area contributed by atoms with Crippen molar-refractivity contribution in [2.24, 2.45) is 0 Å². The van der Waals surface area contributed by atoms with Gasteiger partial charge >= 0.3 is 0 Å². The monoisotopic (exact) mass is 219 g/mol. The molecule has 0 aliphatic heterocycles. The van der Waals surface area contributed by atoms with E-state index >= 15 is 0 Å². The Morgan fingerprint density at radius 1 is 1.50 bits per heavy atom. The molecule has 5 nitrogen and oxygen atoms in total. The first kappa shape index (κ1) is 12.9. The Kier molecular flexibility index (Phi) is 4.52. The summed E-state index contributed by atoms with van der Waals surface area (Å²) in [4.78, 5) is 10.8. The van der Waals surface area contributed by atoms with E-state index in [0.717, 1.165) is 6.08 Å². The molecular weight excluding hydrogens is 206 g/mol. The highest BCUT2D eigenvalue weighted by atomic mass is 32.2. The maximum atomic E-state index is 10.8.